The lowest BCUT2D eigenvalue weighted by molar-refractivity contribution is 0.329. The minimum absolute atomic E-state index is 0.412. The first-order chi connectivity index (χ1) is 13.2. The number of ether oxygens (including phenoxy) is 2. The fraction of sp³-hybridized carbons (Fsp3) is 0.190. The second-order valence-electron chi connectivity index (χ2n) is 6.13. The van der Waals surface area contributed by atoms with Crippen LogP contribution in [-0.2, 0) is 0 Å². The molecule has 0 spiro atoms. The molecule has 0 radical (unpaired) electrons. The standard InChI is InChI=1S/C21H19N3O3/c1-4-26-21-17(12-14-9-8-13(2)10-18(14)22-21)19-23-20(27-24-19)15-6-5-7-16(11-15)25-3/h5-12H,4H2,1-3H3. The molecule has 0 aliphatic heterocycles. The monoisotopic (exact) mass is 361 g/mol. The zero-order valence-corrected chi connectivity index (χ0v) is 15.4. The first-order valence-corrected chi connectivity index (χ1v) is 8.70. The van der Waals surface area contributed by atoms with Crippen LogP contribution in [0.3, 0.4) is 0 Å². The molecule has 0 saturated carbocycles. The van der Waals surface area contributed by atoms with Gasteiger partial charge in [-0.05, 0) is 49.7 Å². The van der Waals surface area contributed by atoms with Crippen molar-refractivity contribution in [2.24, 2.45) is 0 Å². The number of hydrogen-bond acceptors (Lipinski definition) is 6. The van der Waals surface area contributed by atoms with Crippen LogP contribution in [0.4, 0.5) is 0 Å². The highest BCUT2D eigenvalue weighted by molar-refractivity contribution is 5.85. The summed E-state index contributed by atoms with van der Waals surface area (Å²) in [6.07, 6.45) is 0. The normalized spacial score (nSPS) is 10.9. The molecule has 0 atom stereocenters. The minimum atomic E-state index is 0.412. The molecule has 6 heteroatoms. The average molecular weight is 361 g/mol. The Morgan fingerprint density at radius 2 is 1.93 bits per heavy atom. The molecule has 27 heavy (non-hydrogen) atoms. The molecule has 2 aromatic heterocycles. The number of rotatable bonds is 5. The van der Waals surface area contributed by atoms with Gasteiger partial charge in [-0.2, -0.15) is 4.98 Å². The third-order valence-electron chi connectivity index (χ3n) is 4.20. The van der Waals surface area contributed by atoms with Crippen LogP contribution in [0.5, 0.6) is 11.6 Å². The summed E-state index contributed by atoms with van der Waals surface area (Å²) in [7, 11) is 1.62. The molecule has 0 fully saturated rings. The Morgan fingerprint density at radius 1 is 1.04 bits per heavy atom. The first kappa shape index (κ1) is 17.0. The first-order valence-electron chi connectivity index (χ1n) is 8.70. The molecule has 2 aromatic carbocycles. The number of methoxy groups -OCH3 is 1. The lowest BCUT2D eigenvalue weighted by atomic mass is 10.1. The van der Waals surface area contributed by atoms with Crippen molar-refractivity contribution < 1.29 is 14.0 Å². The number of nitrogens with zero attached hydrogens (tertiary/aromatic N) is 3. The Balaban J connectivity index is 1.80. The van der Waals surface area contributed by atoms with E-state index in [4.69, 9.17) is 14.0 Å². The van der Waals surface area contributed by atoms with Crippen LogP contribution in [0.2, 0.25) is 0 Å². The molecule has 6 nitrogen and oxygen atoms in total. The number of aryl methyl sites for hydroxylation is 1. The van der Waals surface area contributed by atoms with Crippen molar-refractivity contribution in [2.75, 3.05) is 13.7 Å². The summed E-state index contributed by atoms with van der Waals surface area (Å²) in [5, 5.41) is 5.13. The summed E-state index contributed by atoms with van der Waals surface area (Å²) >= 11 is 0. The van der Waals surface area contributed by atoms with E-state index in [1.807, 2.05) is 62.4 Å². The molecule has 4 aromatic rings. The molecular formula is C21H19N3O3. The molecule has 0 bridgehead atoms. The van der Waals surface area contributed by atoms with Crippen molar-refractivity contribution in [3.05, 3.63) is 54.1 Å². The average Bonchev–Trinajstić information content (AvgIpc) is 3.18. The van der Waals surface area contributed by atoms with E-state index in [9.17, 15) is 0 Å². The molecular weight excluding hydrogens is 342 g/mol. The summed E-state index contributed by atoms with van der Waals surface area (Å²) in [4.78, 5) is 9.19. The SMILES string of the molecule is CCOc1nc2cc(C)ccc2cc1-c1noc(-c2cccc(OC)c2)n1. The number of pyridine rings is 1. The third kappa shape index (κ3) is 3.33. The van der Waals surface area contributed by atoms with Crippen molar-refractivity contribution in [3.63, 3.8) is 0 Å². The molecule has 0 amide bonds. The smallest absolute Gasteiger partial charge is 0.258 e. The van der Waals surface area contributed by atoms with Crippen LogP contribution in [0.25, 0.3) is 33.7 Å². The van der Waals surface area contributed by atoms with E-state index in [0.717, 1.165) is 27.8 Å². The van der Waals surface area contributed by atoms with Crippen molar-refractivity contribution >= 4 is 10.9 Å². The molecule has 136 valence electrons. The quantitative estimate of drug-likeness (QED) is 0.514. The maximum Gasteiger partial charge on any atom is 0.258 e. The van der Waals surface area contributed by atoms with E-state index in [1.54, 1.807) is 7.11 Å². The van der Waals surface area contributed by atoms with Crippen molar-refractivity contribution in [1.29, 1.82) is 0 Å². The maximum atomic E-state index is 5.74. The van der Waals surface area contributed by atoms with Gasteiger partial charge in [0.15, 0.2) is 0 Å². The third-order valence-corrected chi connectivity index (χ3v) is 4.20. The number of fused-ring (bicyclic) bond motifs is 1. The van der Waals surface area contributed by atoms with Gasteiger partial charge in [-0.25, -0.2) is 4.98 Å². The fourth-order valence-electron chi connectivity index (χ4n) is 2.87. The fourth-order valence-corrected chi connectivity index (χ4v) is 2.87. The summed E-state index contributed by atoms with van der Waals surface area (Å²) in [6.45, 7) is 4.46. The summed E-state index contributed by atoms with van der Waals surface area (Å²) < 4.78 is 16.5. The number of benzene rings is 2. The predicted molar refractivity (Wildman–Crippen MR) is 103 cm³/mol. The van der Waals surface area contributed by atoms with Crippen LogP contribution in [0.1, 0.15) is 12.5 Å². The zero-order chi connectivity index (χ0) is 18.8. The van der Waals surface area contributed by atoms with Gasteiger partial charge >= 0.3 is 0 Å². The van der Waals surface area contributed by atoms with Gasteiger partial charge in [0, 0.05) is 10.9 Å². The zero-order valence-electron chi connectivity index (χ0n) is 15.4. The highest BCUT2D eigenvalue weighted by atomic mass is 16.5. The van der Waals surface area contributed by atoms with E-state index in [2.05, 4.69) is 15.1 Å². The van der Waals surface area contributed by atoms with E-state index in [1.165, 1.54) is 0 Å². The topological polar surface area (TPSA) is 70.3 Å². The molecule has 0 N–H and O–H groups in total. The minimum Gasteiger partial charge on any atom is -0.497 e. The van der Waals surface area contributed by atoms with Crippen LogP contribution in [0.15, 0.2) is 53.1 Å². The lowest BCUT2D eigenvalue weighted by Gasteiger charge is -2.08. The highest BCUT2D eigenvalue weighted by Crippen LogP contribution is 2.32. The Labute approximate surface area is 156 Å². The molecule has 4 rings (SSSR count). The van der Waals surface area contributed by atoms with Crippen LogP contribution in [0, 0.1) is 6.92 Å². The molecule has 0 aliphatic carbocycles. The Kier molecular flexibility index (Phi) is 4.46. The van der Waals surface area contributed by atoms with Gasteiger partial charge in [0.05, 0.1) is 24.8 Å². The lowest BCUT2D eigenvalue weighted by Crippen LogP contribution is -1.98. The van der Waals surface area contributed by atoms with Crippen molar-refractivity contribution in [1.82, 2.24) is 15.1 Å². The summed E-state index contributed by atoms with van der Waals surface area (Å²) in [6, 6.07) is 15.6. The van der Waals surface area contributed by atoms with E-state index in [0.29, 0.717) is 29.8 Å². The molecule has 2 heterocycles. The number of hydrogen-bond donors (Lipinski definition) is 0. The van der Waals surface area contributed by atoms with Gasteiger partial charge in [-0.1, -0.05) is 23.4 Å². The van der Waals surface area contributed by atoms with Gasteiger partial charge < -0.3 is 14.0 Å². The van der Waals surface area contributed by atoms with Crippen LogP contribution < -0.4 is 9.47 Å². The van der Waals surface area contributed by atoms with Gasteiger partial charge in [0.1, 0.15) is 5.75 Å². The van der Waals surface area contributed by atoms with Crippen LogP contribution in [-0.4, -0.2) is 28.8 Å². The van der Waals surface area contributed by atoms with E-state index < -0.39 is 0 Å². The van der Waals surface area contributed by atoms with Crippen molar-refractivity contribution in [2.45, 2.75) is 13.8 Å². The Hall–Kier alpha value is -3.41. The number of aromatic nitrogens is 3. The summed E-state index contributed by atoms with van der Waals surface area (Å²) in [5.74, 6) is 2.07. The second kappa shape index (κ2) is 7.07. The highest BCUT2D eigenvalue weighted by Gasteiger charge is 2.17. The molecule has 0 saturated heterocycles. The van der Waals surface area contributed by atoms with Gasteiger partial charge in [-0.15, -0.1) is 0 Å². The van der Waals surface area contributed by atoms with Gasteiger partial charge in [0.25, 0.3) is 5.89 Å². The predicted octanol–water partition coefficient (Wildman–Crippen LogP) is 4.67. The Morgan fingerprint density at radius 3 is 2.74 bits per heavy atom. The van der Waals surface area contributed by atoms with E-state index >= 15 is 0 Å². The molecule has 0 aliphatic rings. The second-order valence-corrected chi connectivity index (χ2v) is 6.13. The van der Waals surface area contributed by atoms with Crippen LogP contribution >= 0.6 is 0 Å². The Bertz CT molecular complexity index is 1100. The van der Waals surface area contributed by atoms with E-state index in [-0.39, 0.29) is 0 Å². The van der Waals surface area contributed by atoms with Crippen molar-refractivity contribution in [3.8, 4) is 34.5 Å². The maximum absolute atomic E-state index is 5.74. The van der Waals surface area contributed by atoms with Gasteiger partial charge in [0.2, 0.25) is 11.7 Å². The summed E-state index contributed by atoms with van der Waals surface area (Å²) in [5.41, 5.74) is 3.50. The largest absolute Gasteiger partial charge is 0.497 e. The van der Waals surface area contributed by atoms with Gasteiger partial charge in [-0.3, -0.25) is 0 Å². The molecule has 0 unspecified atom stereocenters.